The molecule has 1 N–H and O–H groups in total. The molecule has 100 valence electrons. The summed E-state index contributed by atoms with van der Waals surface area (Å²) >= 11 is 6.24. The van der Waals surface area contributed by atoms with Crippen LogP contribution >= 0.6 is 11.6 Å². The molecule has 18 heavy (non-hydrogen) atoms. The van der Waals surface area contributed by atoms with Crippen LogP contribution in [0.1, 0.15) is 31.7 Å². The van der Waals surface area contributed by atoms with Crippen LogP contribution in [-0.4, -0.2) is 30.6 Å². The lowest BCUT2D eigenvalue weighted by Crippen LogP contribution is -2.37. The third-order valence-electron chi connectivity index (χ3n) is 3.53. The van der Waals surface area contributed by atoms with Crippen molar-refractivity contribution < 1.29 is 0 Å². The van der Waals surface area contributed by atoms with Gasteiger partial charge in [-0.3, -0.25) is 4.90 Å². The Morgan fingerprint density at radius 3 is 2.89 bits per heavy atom. The van der Waals surface area contributed by atoms with Gasteiger partial charge in [0.2, 0.25) is 0 Å². The summed E-state index contributed by atoms with van der Waals surface area (Å²) in [5, 5.41) is 4.46. The first-order valence-electron chi connectivity index (χ1n) is 6.98. The standard InChI is InChI=1S/C15H23ClN2/c1-2-10-18(12-14-7-5-9-17-14)11-13-6-3-4-8-15(13)16/h3-4,6,8,14,17H,2,5,7,9-12H2,1H3. The molecule has 3 heteroatoms. The highest BCUT2D eigenvalue weighted by molar-refractivity contribution is 6.31. The number of rotatable bonds is 6. The zero-order valence-corrected chi connectivity index (χ0v) is 11.9. The van der Waals surface area contributed by atoms with Gasteiger partial charge in [0.15, 0.2) is 0 Å². The van der Waals surface area contributed by atoms with Crippen molar-refractivity contribution in [2.45, 2.75) is 38.8 Å². The van der Waals surface area contributed by atoms with Gasteiger partial charge < -0.3 is 5.32 Å². The van der Waals surface area contributed by atoms with Crippen molar-refractivity contribution in [1.82, 2.24) is 10.2 Å². The molecule has 0 radical (unpaired) electrons. The highest BCUT2D eigenvalue weighted by atomic mass is 35.5. The Morgan fingerprint density at radius 2 is 2.22 bits per heavy atom. The second-order valence-corrected chi connectivity index (χ2v) is 5.53. The van der Waals surface area contributed by atoms with E-state index in [-0.39, 0.29) is 0 Å². The molecule has 1 atom stereocenters. The average molecular weight is 267 g/mol. The molecule has 1 saturated heterocycles. The van der Waals surface area contributed by atoms with E-state index in [9.17, 15) is 0 Å². The first-order chi connectivity index (χ1) is 8.79. The maximum absolute atomic E-state index is 6.24. The molecule has 0 aliphatic carbocycles. The molecular formula is C15H23ClN2. The van der Waals surface area contributed by atoms with Crippen molar-refractivity contribution in [1.29, 1.82) is 0 Å². The molecule has 1 aliphatic heterocycles. The van der Waals surface area contributed by atoms with Gasteiger partial charge in [-0.1, -0.05) is 36.7 Å². The Bertz CT molecular complexity index is 361. The number of nitrogens with zero attached hydrogens (tertiary/aromatic N) is 1. The smallest absolute Gasteiger partial charge is 0.0451 e. The van der Waals surface area contributed by atoms with Gasteiger partial charge in [-0.2, -0.15) is 0 Å². The minimum Gasteiger partial charge on any atom is -0.313 e. The van der Waals surface area contributed by atoms with E-state index in [0.29, 0.717) is 6.04 Å². The van der Waals surface area contributed by atoms with Crippen LogP contribution in [0.15, 0.2) is 24.3 Å². The van der Waals surface area contributed by atoms with Crippen molar-refractivity contribution in [2.24, 2.45) is 0 Å². The van der Waals surface area contributed by atoms with Crippen molar-refractivity contribution in [3.05, 3.63) is 34.9 Å². The molecule has 2 nitrogen and oxygen atoms in total. The van der Waals surface area contributed by atoms with E-state index in [1.54, 1.807) is 0 Å². The van der Waals surface area contributed by atoms with Crippen LogP contribution in [0, 0.1) is 0 Å². The lowest BCUT2D eigenvalue weighted by Gasteiger charge is -2.25. The molecular weight excluding hydrogens is 244 g/mol. The molecule has 2 rings (SSSR count). The predicted molar refractivity (Wildman–Crippen MR) is 78.0 cm³/mol. The monoisotopic (exact) mass is 266 g/mol. The number of benzene rings is 1. The molecule has 0 spiro atoms. The highest BCUT2D eigenvalue weighted by Gasteiger charge is 2.18. The average Bonchev–Trinajstić information content (AvgIpc) is 2.85. The number of hydrogen-bond acceptors (Lipinski definition) is 2. The number of hydrogen-bond donors (Lipinski definition) is 1. The fraction of sp³-hybridized carbons (Fsp3) is 0.600. The third kappa shape index (κ3) is 3.98. The summed E-state index contributed by atoms with van der Waals surface area (Å²) in [6.07, 6.45) is 3.82. The Kier molecular flexibility index (Phi) is 5.48. The third-order valence-corrected chi connectivity index (χ3v) is 3.90. The van der Waals surface area contributed by atoms with Gasteiger partial charge in [0.05, 0.1) is 0 Å². The second-order valence-electron chi connectivity index (χ2n) is 5.12. The molecule has 0 bridgehead atoms. The minimum absolute atomic E-state index is 0.666. The van der Waals surface area contributed by atoms with E-state index in [2.05, 4.69) is 29.3 Å². The topological polar surface area (TPSA) is 15.3 Å². The molecule has 0 aromatic heterocycles. The van der Waals surface area contributed by atoms with Crippen LogP contribution in [0.3, 0.4) is 0 Å². The van der Waals surface area contributed by atoms with E-state index < -0.39 is 0 Å². The summed E-state index contributed by atoms with van der Waals surface area (Å²) in [5.74, 6) is 0. The molecule has 1 aromatic rings. The van der Waals surface area contributed by atoms with Crippen molar-refractivity contribution >= 4 is 11.6 Å². The first-order valence-corrected chi connectivity index (χ1v) is 7.36. The van der Waals surface area contributed by atoms with Crippen molar-refractivity contribution in [3.63, 3.8) is 0 Å². The Hall–Kier alpha value is -0.570. The zero-order chi connectivity index (χ0) is 12.8. The van der Waals surface area contributed by atoms with Crippen LogP contribution in [0.5, 0.6) is 0 Å². The van der Waals surface area contributed by atoms with Gasteiger partial charge in [0.1, 0.15) is 0 Å². The molecule has 0 amide bonds. The van der Waals surface area contributed by atoms with E-state index in [1.807, 2.05) is 12.1 Å². The lowest BCUT2D eigenvalue weighted by atomic mass is 10.1. The molecule has 1 aliphatic rings. The van der Waals surface area contributed by atoms with Gasteiger partial charge in [-0.05, 0) is 44.0 Å². The number of halogens is 1. The van der Waals surface area contributed by atoms with Gasteiger partial charge in [-0.25, -0.2) is 0 Å². The van der Waals surface area contributed by atoms with E-state index in [0.717, 1.165) is 24.7 Å². The summed E-state index contributed by atoms with van der Waals surface area (Å²) in [4.78, 5) is 2.52. The van der Waals surface area contributed by atoms with Crippen LogP contribution in [0.2, 0.25) is 5.02 Å². The fourth-order valence-corrected chi connectivity index (χ4v) is 2.84. The largest absolute Gasteiger partial charge is 0.313 e. The normalized spacial score (nSPS) is 19.6. The molecule has 1 unspecified atom stereocenters. The highest BCUT2D eigenvalue weighted by Crippen LogP contribution is 2.18. The van der Waals surface area contributed by atoms with Gasteiger partial charge in [-0.15, -0.1) is 0 Å². The predicted octanol–water partition coefficient (Wildman–Crippen LogP) is 3.30. The van der Waals surface area contributed by atoms with Crippen LogP contribution in [0.25, 0.3) is 0 Å². The van der Waals surface area contributed by atoms with Crippen molar-refractivity contribution in [3.8, 4) is 0 Å². The van der Waals surface area contributed by atoms with Gasteiger partial charge in [0, 0.05) is 24.2 Å². The van der Waals surface area contributed by atoms with Crippen LogP contribution in [-0.2, 0) is 6.54 Å². The summed E-state index contributed by atoms with van der Waals surface area (Å²) in [7, 11) is 0. The summed E-state index contributed by atoms with van der Waals surface area (Å²) in [5.41, 5.74) is 1.24. The van der Waals surface area contributed by atoms with Crippen LogP contribution < -0.4 is 5.32 Å². The van der Waals surface area contributed by atoms with E-state index in [4.69, 9.17) is 11.6 Å². The lowest BCUT2D eigenvalue weighted by molar-refractivity contribution is 0.241. The first kappa shape index (κ1) is 13.9. The maximum atomic E-state index is 6.24. The summed E-state index contributed by atoms with van der Waals surface area (Å²) in [6, 6.07) is 8.84. The quantitative estimate of drug-likeness (QED) is 0.850. The molecule has 0 saturated carbocycles. The Balaban J connectivity index is 1.94. The fourth-order valence-electron chi connectivity index (χ4n) is 2.64. The van der Waals surface area contributed by atoms with Crippen molar-refractivity contribution in [2.75, 3.05) is 19.6 Å². The molecule has 1 aromatic carbocycles. The SMILES string of the molecule is CCCN(Cc1ccccc1Cl)CC1CCCN1. The van der Waals surface area contributed by atoms with Crippen LogP contribution in [0.4, 0.5) is 0 Å². The van der Waals surface area contributed by atoms with Gasteiger partial charge in [0.25, 0.3) is 0 Å². The maximum Gasteiger partial charge on any atom is 0.0451 e. The Labute approximate surface area is 115 Å². The second kappa shape index (κ2) is 7.13. The minimum atomic E-state index is 0.666. The zero-order valence-electron chi connectivity index (χ0n) is 11.2. The molecule has 1 fully saturated rings. The summed E-state index contributed by atoms with van der Waals surface area (Å²) < 4.78 is 0. The Morgan fingerprint density at radius 1 is 1.39 bits per heavy atom. The van der Waals surface area contributed by atoms with E-state index >= 15 is 0 Å². The molecule has 1 heterocycles. The van der Waals surface area contributed by atoms with Gasteiger partial charge >= 0.3 is 0 Å². The van der Waals surface area contributed by atoms with E-state index in [1.165, 1.54) is 31.4 Å². The number of nitrogens with one attached hydrogen (secondary N) is 1. The summed E-state index contributed by atoms with van der Waals surface area (Å²) in [6.45, 7) is 6.66.